The highest BCUT2D eigenvalue weighted by molar-refractivity contribution is 8.45. The van der Waals surface area contributed by atoms with Gasteiger partial charge in [0.25, 0.3) is 0 Å². The summed E-state index contributed by atoms with van der Waals surface area (Å²) < 4.78 is 79.3. The van der Waals surface area contributed by atoms with E-state index in [1.54, 1.807) is 0 Å². The van der Waals surface area contributed by atoms with Gasteiger partial charge in [-0.15, -0.1) is 0 Å². The van der Waals surface area contributed by atoms with Gasteiger partial charge in [0, 0.05) is 48.6 Å². The number of hydrogen-bond acceptors (Lipinski definition) is 4. The highest BCUT2D eigenvalue weighted by atomic mass is 32.5. The second kappa shape index (κ2) is 7.46. The molecule has 0 unspecified atom stereocenters. The maximum Gasteiger partial charge on any atom is 0.310 e. The highest BCUT2D eigenvalue weighted by Gasteiger charge is 2.65. The molecule has 204 valence electrons. The minimum Gasteiger partial charge on any atom is -0.388 e. The van der Waals surface area contributed by atoms with Crippen LogP contribution in [0.1, 0.15) is 104 Å². The topological polar surface area (TPSA) is 51.6 Å². The van der Waals surface area contributed by atoms with Gasteiger partial charge in [0.15, 0.2) is 0 Å². The molecule has 2 spiro atoms. The number of ether oxygens (including phenoxy) is 2. The van der Waals surface area contributed by atoms with E-state index in [9.17, 15) is 24.5 Å². The van der Waals surface area contributed by atoms with E-state index < -0.39 is 32.9 Å². The van der Waals surface area contributed by atoms with Crippen LogP contribution in [0, 0.1) is 5.41 Å². The third kappa shape index (κ3) is 4.10. The SMILES string of the molecule is CC(C)c1nc2c(c3c1[C@@H](c1ccc(S(F)(F)(F)(F)F)cc1)OC31CCOCC1)[C@@H](O)CC1(CCC1)C2. The molecule has 2 atom stereocenters. The zero-order valence-electron chi connectivity index (χ0n) is 20.9. The van der Waals surface area contributed by atoms with Crippen molar-refractivity contribution in [1.29, 1.82) is 0 Å². The van der Waals surface area contributed by atoms with E-state index >= 15 is 0 Å². The Balaban J connectivity index is 1.54. The predicted octanol–water partition coefficient (Wildman–Crippen LogP) is 8.14. The summed E-state index contributed by atoms with van der Waals surface area (Å²) in [7, 11) is -9.80. The Bertz CT molecular complexity index is 1250. The molecule has 3 heterocycles. The van der Waals surface area contributed by atoms with Crippen molar-refractivity contribution in [2.75, 3.05) is 13.2 Å². The van der Waals surface area contributed by atoms with Crippen LogP contribution in [0.4, 0.5) is 19.4 Å². The summed E-state index contributed by atoms with van der Waals surface area (Å²) in [5, 5.41) is 11.5. The van der Waals surface area contributed by atoms with Crippen molar-refractivity contribution in [3.63, 3.8) is 0 Å². The number of benzene rings is 1. The van der Waals surface area contributed by atoms with Crippen LogP contribution >= 0.6 is 10.2 Å². The zero-order chi connectivity index (χ0) is 26.5. The molecule has 6 rings (SSSR count). The van der Waals surface area contributed by atoms with Gasteiger partial charge < -0.3 is 14.6 Å². The van der Waals surface area contributed by atoms with Gasteiger partial charge in [-0.3, -0.25) is 4.98 Å². The standard InChI is InChI=1S/C27H32F5NO3S/c1-16(2)24-22-23(21-19(33-24)14-26(8-3-9-26)15-20(21)34)27(10-12-35-13-11-27)36-25(22)17-4-6-18(7-5-17)37(28,29,30,31)32/h4-7,16,20,25,34H,3,8-15H2,1-2H3/t20-,25+/m0/s1. The fourth-order valence-corrected chi connectivity index (χ4v) is 7.57. The van der Waals surface area contributed by atoms with E-state index in [2.05, 4.69) is 0 Å². The molecule has 1 aromatic carbocycles. The molecule has 1 N–H and O–H groups in total. The van der Waals surface area contributed by atoms with Gasteiger partial charge in [0.2, 0.25) is 0 Å². The fraction of sp³-hybridized carbons (Fsp3) is 0.593. The van der Waals surface area contributed by atoms with Crippen molar-refractivity contribution >= 4 is 10.2 Å². The van der Waals surface area contributed by atoms with Crippen LogP contribution in [0.15, 0.2) is 29.2 Å². The molecule has 1 aromatic heterocycles. The van der Waals surface area contributed by atoms with Gasteiger partial charge in [-0.2, -0.15) is 0 Å². The Hall–Kier alpha value is -1.75. The smallest absolute Gasteiger partial charge is 0.310 e. The number of hydrogen-bond donors (Lipinski definition) is 1. The third-order valence-corrected chi connectivity index (χ3v) is 10.00. The molecule has 10 heteroatoms. The lowest BCUT2D eigenvalue weighted by Gasteiger charge is -2.48. The maximum atomic E-state index is 13.4. The number of fused-ring (bicyclic) bond motifs is 4. The number of pyridine rings is 1. The quantitative estimate of drug-likeness (QED) is 0.396. The van der Waals surface area contributed by atoms with Crippen LogP contribution in [-0.4, -0.2) is 23.3 Å². The molecule has 1 saturated heterocycles. The maximum absolute atomic E-state index is 13.4. The normalized spacial score (nSPS) is 27.9. The molecule has 0 radical (unpaired) electrons. The van der Waals surface area contributed by atoms with Crippen molar-refractivity contribution in [1.82, 2.24) is 4.98 Å². The van der Waals surface area contributed by atoms with Crippen LogP contribution in [0.2, 0.25) is 0 Å². The first kappa shape index (κ1) is 25.5. The summed E-state index contributed by atoms with van der Waals surface area (Å²) in [5.41, 5.74) is 3.80. The van der Waals surface area contributed by atoms with Crippen molar-refractivity contribution < 1.29 is 34.0 Å². The Morgan fingerprint density at radius 1 is 0.973 bits per heavy atom. The second-order valence-electron chi connectivity index (χ2n) is 11.7. The highest BCUT2D eigenvalue weighted by Crippen LogP contribution is 3.02. The number of aliphatic hydroxyl groups excluding tert-OH is 1. The van der Waals surface area contributed by atoms with E-state index in [4.69, 9.17) is 14.5 Å². The lowest BCUT2D eigenvalue weighted by molar-refractivity contribution is -0.122. The van der Waals surface area contributed by atoms with E-state index in [-0.39, 0.29) is 11.3 Å². The molecule has 0 amide bonds. The van der Waals surface area contributed by atoms with Crippen molar-refractivity contribution in [2.24, 2.45) is 5.41 Å². The molecular weight excluding hydrogens is 513 g/mol. The largest absolute Gasteiger partial charge is 0.388 e. The van der Waals surface area contributed by atoms with Crippen LogP contribution in [0.5, 0.6) is 0 Å². The second-order valence-corrected chi connectivity index (χ2v) is 14.1. The van der Waals surface area contributed by atoms with Crippen LogP contribution in [-0.2, 0) is 21.5 Å². The van der Waals surface area contributed by atoms with E-state index in [0.29, 0.717) is 50.2 Å². The fourth-order valence-electron chi connectivity index (χ4n) is 6.92. The molecule has 1 saturated carbocycles. The average molecular weight is 546 g/mol. The lowest BCUT2D eigenvalue weighted by atomic mass is 9.58. The first-order valence-corrected chi connectivity index (χ1v) is 14.9. The zero-order valence-corrected chi connectivity index (χ0v) is 21.7. The van der Waals surface area contributed by atoms with Gasteiger partial charge in [-0.05, 0) is 60.3 Å². The minimum absolute atomic E-state index is 0.0134. The third-order valence-electron chi connectivity index (χ3n) is 8.83. The summed E-state index contributed by atoms with van der Waals surface area (Å²) in [6.45, 7) is 4.92. The van der Waals surface area contributed by atoms with E-state index in [1.807, 2.05) is 13.8 Å². The van der Waals surface area contributed by atoms with Crippen molar-refractivity contribution in [2.45, 2.75) is 87.4 Å². The summed E-state index contributed by atoms with van der Waals surface area (Å²) in [4.78, 5) is 3.16. The number of nitrogens with zero attached hydrogens (tertiary/aromatic N) is 1. The van der Waals surface area contributed by atoms with Gasteiger partial charge in [0.05, 0.1) is 11.7 Å². The lowest BCUT2D eigenvalue weighted by Crippen LogP contribution is -2.40. The number of rotatable bonds is 3. The molecule has 2 fully saturated rings. The molecular formula is C27H32F5NO3S. The molecule has 4 nitrogen and oxygen atoms in total. The molecule has 2 aliphatic heterocycles. The molecule has 37 heavy (non-hydrogen) atoms. The van der Waals surface area contributed by atoms with Gasteiger partial charge in [0.1, 0.15) is 11.0 Å². The number of aromatic nitrogens is 1. The molecule has 2 aromatic rings. The number of halogens is 5. The van der Waals surface area contributed by atoms with Crippen LogP contribution < -0.4 is 0 Å². The Morgan fingerprint density at radius 3 is 2.16 bits per heavy atom. The molecule has 2 aliphatic carbocycles. The minimum atomic E-state index is -9.80. The van der Waals surface area contributed by atoms with Gasteiger partial charge in [-0.1, -0.05) is 51.8 Å². The van der Waals surface area contributed by atoms with Crippen LogP contribution in [0.3, 0.4) is 0 Å². The van der Waals surface area contributed by atoms with Crippen LogP contribution in [0.25, 0.3) is 0 Å². The Morgan fingerprint density at radius 2 is 1.62 bits per heavy atom. The van der Waals surface area contributed by atoms with Gasteiger partial charge in [-0.25, -0.2) is 0 Å². The summed E-state index contributed by atoms with van der Waals surface area (Å²) in [6.07, 6.45) is 4.31. The van der Waals surface area contributed by atoms with Crippen molar-refractivity contribution in [3.8, 4) is 0 Å². The molecule has 0 bridgehead atoms. The Kier molecular flexibility index (Phi) is 5.15. The van der Waals surface area contributed by atoms with Gasteiger partial charge >= 0.3 is 10.2 Å². The summed E-state index contributed by atoms with van der Waals surface area (Å²) in [5.74, 6) is -0.0134. The summed E-state index contributed by atoms with van der Waals surface area (Å²) in [6, 6.07) is 3.07. The van der Waals surface area contributed by atoms with E-state index in [1.165, 1.54) is 0 Å². The van der Waals surface area contributed by atoms with Crippen molar-refractivity contribution in [3.05, 3.63) is 57.9 Å². The average Bonchev–Trinajstić information content (AvgIpc) is 3.10. The monoisotopic (exact) mass is 545 g/mol. The predicted molar refractivity (Wildman–Crippen MR) is 130 cm³/mol. The Labute approximate surface area is 213 Å². The summed E-state index contributed by atoms with van der Waals surface area (Å²) >= 11 is 0. The first-order valence-electron chi connectivity index (χ1n) is 13.0. The molecule has 4 aliphatic rings. The van der Waals surface area contributed by atoms with E-state index in [0.717, 1.165) is 65.9 Å². The first-order chi connectivity index (χ1) is 17.1. The number of aliphatic hydroxyl groups is 1.